The second-order valence-electron chi connectivity index (χ2n) is 4.69. The van der Waals surface area contributed by atoms with Gasteiger partial charge in [-0.3, -0.25) is 0 Å². The van der Waals surface area contributed by atoms with Crippen molar-refractivity contribution in [3.8, 4) is 0 Å². The van der Waals surface area contributed by atoms with E-state index in [1.807, 2.05) is 12.1 Å². The first kappa shape index (κ1) is 13.8. The quantitative estimate of drug-likeness (QED) is 0.847. The van der Waals surface area contributed by atoms with E-state index >= 15 is 0 Å². The maximum atomic E-state index is 5.81. The van der Waals surface area contributed by atoms with Gasteiger partial charge in [-0.2, -0.15) is 0 Å². The Kier molecular flexibility index (Phi) is 4.25. The molecule has 0 amide bonds. The smallest absolute Gasteiger partial charge is 0.106 e. The molecule has 5 heteroatoms. The number of hydrogen-bond acceptors (Lipinski definition) is 3. The molecule has 1 aromatic rings. The lowest BCUT2D eigenvalue weighted by Gasteiger charge is -2.37. The highest BCUT2D eigenvalue weighted by atomic mass is 79.9. The van der Waals surface area contributed by atoms with Crippen LogP contribution in [0.1, 0.15) is 19.4 Å². The standard InChI is InChI=1S/C13H17BrN2OS/c1-8-6-16(7-9(2)17-8)12-4-3-10(14)5-11(12)13(15)18/h3-5,8-9H,6-7H2,1-2H3,(H2,15,18). The van der Waals surface area contributed by atoms with Gasteiger partial charge < -0.3 is 15.4 Å². The summed E-state index contributed by atoms with van der Waals surface area (Å²) in [7, 11) is 0. The van der Waals surface area contributed by atoms with Crippen molar-refractivity contribution in [3.63, 3.8) is 0 Å². The predicted molar refractivity (Wildman–Crippen MR) is 82.3 cm³/mol. The van der Waals surface area contributed by atoms with Crippen LogP contribution in [0, 0.1) is 0 Å². The minimum absolute atomic E-state index is 0.219. The second-order valence-corrected chi connectivity index (χ2v) is 6.04. The van der Waals surface area contributed by atoms with Gasteiger partial charge >= 0.3 is 0 Å². The molecule has 0 saturated carbocycles. The fourth-order valence-electron chi connectivity index (χ4n) is 2.36. The fourth-order valence-corrected chi connectivity index (χ4v) is 2.88. The van der Waals surface area contributed by atoms with Crippen LogP contribution < -0.4 is 10.6 Å². The molecule has 1 aliphatic rings. The average Bonchev–Trinajstić information content (AvgIpc) is 2.27. The van der Waals surface area contributed by atoms with Crippen molar-refractivity contribution in [1.29, 1.82) is 0 Å². The Balaban J connectivity index is 2.35. The molecule has 2 rings (SSSR count). The third-order valence-electron chi connectivity index (χ3n) is 2.98. The van der Waals surface area contributed by atoms with Crippen molar-refractivity contribution in [2.24, 2.45) is 5.73 Å². The number of morpholine rings is 1. The second kappa shape index (κ2) is 5.55. The van der Waals surface area contributed by atoms with E-state index in [1.54, 1.807) is 0 Å². The first-order valence-electron chi connectivity index (χ1n) is 5.97. The zero-order valence-corrected chi connectivity index (χ0v) is 12.9. The molecular weight excluding hydrogens is 312 g/mol. The van der Waals surface area contributed by atoms with Gasteiger partial charge in [0.2, 0.25) is 0 Å². The molecule has 98 valence electrons. The van der Waals surface area contributed by atoms with Crippen LogP contribution in [0.2, 0.25) is 0 Å². The third-order valence-corrected chi connectivity index (χ3v) is 3.70. The molecule has 0 spiro atoms. The minimum Gasteiger partial charge on any atom is -0.389 e. The summed E-state index contributed by atoms with van der Waals surface area (Å²) in [6, 6.07) is 6.05. The van der Waals surface area contributed by atoms with E-state index in [9.17, 15) is 0 Å². The predicted octanol–water partition coefficient (Wildman–Crippen LogP) is 2.70. The van der Waals surface area contributed by atoms with Gasteiger partial charge in [0.25, 0.3) is 0 Å². The van der Waals surface area contributed by atoms with Crippen LogP contribution in [0.3, 0.4) is 0 Å². The Bertz CT molecular complexity index is 456. The molecule has 1 heterocycles. The number of hydrogen-bond donors (Lipinski definition) is 1. The van der Waals surface area contributed by atoms with Crippen LogP contribution >= 0.6 is 28.1 Å². The van der Waals surface area contributed by atoms with Gasteiger partial charge in [0.1, 0.15) is 4.99 Å². The minimum atomic E-state index is 0.219. The van der Waals surface area contributed by atoms with E-state index in [1.165, 1.54) is 0 Å². The molecule has 2 atom stereocenters. The molecule has 18 heavy (non-hydrogen) atoms. The Labute approximate surface area is 121 Å². The molecule has 1 aromatic carbocycles. The van der Waals surface area contributed by atoms with Gasteiger partial charge in [0.15, 0.2) is 0 Å². The first-order chi connectivity index (χ1) is 8.47. The number of rotatable bonds is 2. The van der Waals surface area contributed by atoms with Gasteiger partial charge in [0.05, 0.1) is 12.2 Å². The van der Waals surface area contributed by atoms with E-state index in [0.29, 0.717) is 4.99 Å². The third kappa shape index (κ3) is 3.02. The topological polar surface area (TPSA) is 38.5 Å². The molecule has 2 N–H and O–H groups in total. The monoisotopic (exact) mass is 328 g/mol. The number of nitrogens with zero attached hydrogens (tertiary/aromatic N) is 1. The summed E-state index contributed by atoms with van der Waals surface area (Å²) in [4.78, 5) is 2.72. The highest BCUT2D eigenvalue weighted by Gasteiger charge is 2.24. The van der Waals surface area contributed by atoms with Crippen LogP contribution in [-0.4, -0.2) is 30.3 Å². The molecule has 2 unspecified atom stereocenters. The number of benzene rings is 1. The summed E-state index contributed by atoms with van der Waals surface area (Å²) in [5.74, 6) is 0. The molecule has 0 radical (unpaired) electrons. The van der Waals surface area contributed by atoms with Crippen molar-refractivity contribution in [2.75, 3.05) is 18.0 Å². The van der Waals surface area contributed by atoms with Crippen LogP contribution in [0.4, 0.5) is 5.69 Å². The molecule has 0 aliphatic carbocycles. The molecule has 0 bridgehead atoms. The lowest BCUT2D eigenvalue weighted by atomic mass is 10.1. The zero-order valence-electron chi connectivity index (χ0n) is 10.5. The summed E-state index contributed by atoms with van der Waals surface area (Å²) >= 11 is 8.59. The lowest BCUT2D eigenvalue weighted by Crippen LogP contribution is -2.46. The molecular formula is C13H17BrN2OS. The summed E-state index contributed by atoms with van der Waals surface area (Å²) in [6.45, 7) is 5.90. The number of anilines is 1. The summed E-state index contributed by atoms with van der Waals surface area (Å²) in [5, 5.41) is 0. The number of thiocarbonyl (C=S) groups is 1. The maximum Gasteiger partial charge on any atom is 0.106 e. The van der Waals surface area contributed by atoms with Crippen LogP contribution in [0.5, 0.6) is 0 Å². The van der Waals surface area contributed by atoms with Gasteiger partial charge in [-0.25, -0.2) is 0 Å². The van der Waals surface area contributed by atoms with E-state index in [-0.39, 0.29) is 12.2 Å². The number of ether oxygens (including phenoxy) is 1. The van der Waals surface area contributed by atoms with Crippen molar-refractivity contribution < 1.29 is 4.74 Å². The lowest BCUT2D eigenvalue weighted by molar-refractivity contribution is -0.00522. The van der Waals surface area contributed by atoms with Gasteiger partial charge in [-0.05, 0) is 32.0 Å². The normalized spacial score (nSPS) is 24.1. The highest BCUT2D eigenvalue weighted by Crippen LogP contribution is 2.27. The largest absolute Gasteiger partial charge is 0.389 e. The molecule has 3 nitrogen and oxygen atoms in total. The number of nitrogens with two attached hydrogens (primary N) is 1. The average molecular weight is 329 g/mol. The Morgan fingerprint density at radius 2 is 2.00 bits per heavy atom. The zero-order chi connectivity index (χ0) is 13.3. The van der Waals surface area contributed by atoms with E-state index < -0.39 is 0 Å². The van der Waals surface area contributed by atoms with Gasteiger partial charge in [-0.1, -0.05) is 28.1 Å². The SMILES string of the molecule is CC1CN(c2ccc(Br)cc2C(N)=S)CC(C)O1. The highest BCUT2D eigenvalue weighted by molar-refractivity contribution is 9.10. The van der Waals surface area contributed by atoms with Crippen molar-refractivity contribution in [3.05, 3.63) is 28.2 Å². The van der Waals surface area contributed by atoms with Crippen molar-refractivity contribution in [2.45, 2.75) is 26.1 Å². The summed E-state index contributed by atoms with van der Waals surface area (Å²) < 4.78 is 6.74. The number of halogens is 1. The van der Waals surface area contributed by atoms with Crippen LogP contribution in [0.25, 0.3) is 0 Å². The molecule has 1 saturated heterocycles. The van der Waals surface area contributed by atoms with Gasteiger partial charge in [-0.15, -0.1) is 0 Å². The first-order valence-corrected chi connectivity index (χ1v) is 7.17. The van der Waals surface area contributed by atoms with E-state index in [0.717, 1.165) is 28.8 Å². The Hall–Kier alpha value is -0.650. The van der Waals surface area contributed by atoms with E-state index in [2.05, 4.69) is 40.7 Å². The summed E-state index contributed by atoms with van der Waals surface area (Å²) in [5.41, 5.74) is 7.82. The molecule has 1 fully saturated rings. The van der Waals surface area contributed by atoms with Crippen LogP contribution in [0.15, 0.2) is 22.7 Å². The van der Waals surface area contributed by atoms with Crippen LogP contribution in [-0.2, 0) is 4.74 Å². The fraction of sp³-hybridized carbons (Fsp3) is 0.462. The summed E-state index contributed by atoms with van der Waals surface area (Å²) in [6.07, 6.45) is 0.438. The van der Waals surface area contributed by atoms with Crippen molar-refractivity contribution >= 4 is 38.8 Å². The molecule has 0 aromatic heterocycles. The Morgan fingerprint density at radius 3 is 2.56 bits per heavy atom. The molecule has 1 aliphatic heterocycles. The van der Waals surface area contributed by atoms with E-state index in [4.69, 9.17) is 22.7 Å². The maximum absolute atomic E-state index is 5.81. The van der Waals surface area contributed by atoms with Crippen molar-refractivity contribution in [1.82, 2.24) is 0 Å². The Morgan fingerprint density at radius 1 is 1.39 bits per heavy atom. The van der Waals surface area contributed by atoms with Gasteiger partial charge in [0, 0.05) is 28.8 Å².